The highest BCUT2D eigenvalue weighted by atomic mass is 79.9. The second-order valence-corrected chi connectivity index (χ2v) is 6.90. The number of hydrogen-bond donors (Lipinski definition) is 0. The fourth-order valence-corrected chi connectivity index (χ4v) is 2.88. The van der Waals surface area contributed by atoms with E-state index in [0.29, 0.717) is 19.6 Å². The molecule has 1 aromatic rings. The summed E-state index contributed by atoms with van der Waals surface area (Å²) in [6.07, 6.45) is 7.72. The van der Waals surface area contributed by atoms with E-state index in [-0.39, 0.29) is 24.8 Å². The lowest BCUT2D eigenvalue weighted by molar-refractivity contribution is -0.150. The molecule has 0 radical (unpaired) electrons. The largest absolute Gasteiger partial charge is 0.466 e. The summed E-state index contributed by atoms with van der Waals surface area (Å²) in [5.41, 5.74) is 1.09. The molecule has 0 bridgehead atoms. The standard InChI is InChI=1S/C20H29BrO4/c1-2-3-4-5-6-9-15-24-19(22)12-13-20(23)25-16-14-17-10-7-8-11-18(17)21/h7-8,10-11H,2-6,9,12-16H2,1H3. The Kier molecular flexibility index (Phi) is 12.0. The SMILES string of the molecule is CCCCCCCCOC(=O)CCC(=O)OCCc1ccccc1Br. The number of halogens is 1. The molecule has 25 heavy (non-hydrogen) atoms. The molecule has 0 saturated carbocycles. The summed E-state index contributed by atoms with van der Waals surface area (Å²) in [6, 6.07) is 7.83. The first-order valence-corrected chi connectivity index (χ1v) is 9.97. The van der Waals surface area contributed by atoms with Crippen LogP contribution in [0.2, 0.25) is 0 Å². The highest BCUT2D eigenvalue weighted by Crippen LogP contribution is 2.16. The molecule has 1 aromatic carbocycles. The number of ether oxygens (including phenoxy) is 2. The van der Waals surface area contributed by atoms with Crippen LogP contribution in [0.25, 0.3) is 0 Å². The van der Waals surface area contributed by atoms with Crippen molar-refractivity contribution in [2.75, 3.05) is 13.2 Å². The van der Waals surface area contributed by atoms with Gasteiger partial charge in [-0.3, -0.25) is 9.59 Å². The van der Waals surface area contributed by atoms with Gasteiger partial charge >= 0.3 is 11.9 Å². The Morgan fingerprint density at radius 2 is 1.48 bits per heavy atom. The number of benzene rings is 1. The smallest absolute Gasteiger partial charge is 0.306 e. The van der Waals surface area contributed by atoms with E-state index < -0.39 is 0 Å². The van der Waals surface area contributed by atoms with E-state index in [1.165, 1.54) is 25.7 Å². The highest BCUT2D eigenvalue weighted by Gasteiger charge is 2.09. The van der Waals surface area contributed by atoms with E-state index in [2.05, 4.69) is 22.9 Å². The minimum atomic E-state index is -0.358. The molecule has 0 unspecified atom stereocenters. The van der Waals surface area contributed by atoms with Crippen molar-refractivity contribution in [1.29, 1.82) is 0 Å². The monoisotopic (exact) mass is 412 g/mol. The molecule has 0 saturated heterocycles. The molecular weight excluding hydrogens is 384 g/mol. The van der Waals surface area contributed by atoms with Crippen molar-refractivity contribution < 1.29 is 19.1 Å². The molecule has 140 valence electrons. The van der Waals surface area contributed by atoms with Crippen LogP contribution in [0.15, 0.2) is 28.7 Å². The molecule has 0 spiro atoms. The Hall–Kier alpha value is -1.36. The molecular formula is C20H29BrO4. The molecule has 0 aliphatic heterocycles. The second kappa shape index (κ2) is 13.9. The van der Waals surface area contributed by atoms with Gasteiger partial charge in [0.05, 0.1) is 26.1 Å². The Morgan fingerprint density at radius 3 is 2.16 bits per heavy atom. The fraction of sp³-hybridized carbons (Fsp3) is 0.600. The van der Waals surface area contributed by atoms with Gasteiger partial charge in [0.1, 0.15) is 0 Å². The molecule has 0 aromatic heterocycles. The molecule has 0 amide bonds. The van der Waals surface area contributed by atoms with Gasteiger partial charge in [0.15, 0.2) is 0 Å². The van der Waals surface area contributed by atoms with Gasteiger partial charge in [-0.15, -0.1) is 0 Å². The minimum absolute atomic E-state index is 0.0747. The average Bonchev–Trinajstić information content (AvgIpc) is 2.61. The first kappa shape index (κ1) is 21.7. The third kappa shape index (κ3) is 11.0. The summed E-state index contributed by atoms with van der Waals surface area (Å²) in [7, 11) is 0. The lowest BCUT2D eigenvalue weighted by Crippen LogP contribution is -2.12. The predicted octanol–water partition coefficient (Wildman–Crippen LogP) is 5.22. The normalized spacial score (nSPS) is 10.5. The van der Waals surface area contributed by atoms with Crippen LogP contribution in [0.3, 0.4) is 0 Å². The van der Waals surface area contributed by atoms with Gasteiger partial charge in [-0.1, -0.05) is 73.2 Å². The van der Waals surface area contributed by atoms with E-state index in [1.807, 2.05) is 24.3 Å². The molecule has 1 rings (SSSR count). The number of hydrogen-bond acceptors (Lipinski definition) is 4. The van der Waals surface area contributed by atoms with Crippen molar-refractivity contribution in [2.24, 2.45) is 0 Å². The molecule has 0 aliphatic carbocycles. The Morgan fingerprint density at radius 1 is 0.880 bits per heavy atom. The van der Waals surface area contributed by atoms with Crippen LogP contribution in [-0.2, 0) is 25.5 Å². The van der Waals surface area contributed by atoms with Crippen LogP contribution in [-0.4, -0.2) is 25.2 Å². The van der Waals surface area contributed by atoms with Crippen molar-refractivity contribution in [3.05, 3.63) is 34.3 Å². The molecule has 0 aliphatic rings. The molecule has 0 heterocycles. The van der Waals surface area contributed by atoms with E-state index in [1.54, 1.807) is 0 Å². The highest BCUT2D eigenvalue weighted by molar-refractivity contribution is 9.10. The first-order valence-electron chi connectivity index (χ1n) is 9.18. The van der Waals surface area contributed by atoms with Crippen molar-refractivity contribution in [3.8, 4) is 0 Å². The summed E-state index contributed by atoms with van der Waals surface area (Å²) in [6.45, 7) is 2.95. The van der Waals surface area contributed by atoms with Crippen LogP contribution in [0.4, 0.5) is 0 Å². The van der Waals surface area contributed by atoms with Crippen LogP contribution < -0.4 is 0 Å². The summed E-state index contributed by atoms with van der Waals surface area (Å²) in [5, 5.41) is 0. The number of carbonyl (C=O) groups is 2. The summed E-state index contributed by atoms with van der Waals surface area (Å²) in [5.74, 6) is -0.681. The first-order chi connectivity index (χ1) is 12.1. The zero-order chi connectivity index (χ0) is 18.3. The predicted molar refractivity (Wildman–Crippen MR) is 102 cm³/mol. The van der Waals surface area contributed by atoms with E-state index in [9.17, 15) is 9.59 Å². The number of unbranched alkanes of at least 4 members (excludes halogenated alkanes) is 5. The summed E-state index contributed by atoms with van der Waals surface area (Å²) >= 11 is 3.46. The van der Waals surface area contributed by atoms with Crippen LogP contribution >= 0.6 is 15.9 Å². The Bertz CT molecular complexity index is 516. The fourth-order valence-electron chi connectivity index (χ4n) is 2.39. The van der Waals surface area contributed by atoms with Crippen molar-refractivity contribution in [2.45, 2.75) is 64.7 Å². The van der Waals surface area contributed by atoms with Crippen molar-refractivity contribution in [3.63, 3.8) is 0 Å². The second-order valence-electron chi connectivity index (χ2n) is 6.05. The molecule has 0 fully saturated rings. The number of rotatable bonds is 13. The number of esters is 2. The summed E-state index contributed by atoms with van der Waals surface area (Å²) in [4.78, 5) is 23.2. The maximum Gasteiger partial charge on any atom is 0.306 e. The van der Waals surface area contributed by atoms with Crippen LogP contribution in [0.1, 0.15) is 63.9 Å². The van der Waals surface area contributed by atoms with Crippen molar-refractivity contribution in [1.82, 2.24) is 0 Å². The summed E-state index contributed by atoms with van der Waals surface area (Å²) < 4.78 is 11.3. The van der Waals surface area contributed by atoms with Gasteiger partial charge in [0.2, 0.25) is 0 Å². The Labute approximate surface area is 159 Å². The van der Waals surface area contributed by atoms with Gasteiger partial charge in [-0.05, 0) is 18.1 Å². The maximum absolute atomic E-state index is 11.7. The zero-order valence-electron chi connectivity index (χ0n) is 15.1. The van der Waals surface area contributed by atoms with Crippen molar-refractivity contribution >= 4 is 27.9 Å². The molecule has 5 heteroatoms. The zero-order valence-corrected chi connectivity index (χ0v) is 16.7. The third-order valence-corrected chi connectivity index (χ3v) is 4.66. The molecule has 4 nitrogen and oxygen atoms in total. The van der Waals surface area contributed by atoms with Gasteiger partial charge in [-0.25, -0.2) is 0 Å². The quantitative estimate of drug-likeness (QED) is 0.329. The topological polar surface area (TPSA) is 52.6 Å². The third-order valence-electron chi connectivity index (χ3n) is 3.89. The Balaban J connectivity index is 2.01. The number of carbonyl (C=O) groups excluding carboxylic acids is 2. The van der Waals surface area contributed by atoms with E-state index >= 15 is 0 Å². The van der Waals surface area contributed by atoms with E-state index in [0.717, 1.165) is 22.9 Å². The lowest BCUT2D eigenvalue weighted by atomic mass is 10.1. The molecule has 0 atom stereocenters. The minimum Gasteiger partial charge on any atom is -0.466 e. The van der Waals surface area contributed by atoms with Gasteiger partial charge in [-0.2, -0.15) is 0 Å². The van der Waals surface area contributed by atoms with Crippen LogP contribution in [0, 0.1) is 0 Å². The maximum atomic E-state index is 11.7. The lowest BCUT2D eigenvalue weighted by Gasteiger charge is -2.07. The van der Waals surface area contributed by atoms with E-state index in [4.69, 9.17) is 9.47 Å². The van der Waals surface area contributed by atoms with Gasteiger partial charge in [0, 0.05) is 10.9 Å². The average molecular weight is 413 g/mol. The van der Waals surface area contributed by atoms with Gasteiger partial charge < -0.3 is 9.47 Å². The van der Waals surface area contributed by atoms with Gasteiger partial charge in [0.25, 0.3) is 0 Å². The molecule has 0 N–H and O–H groups in total. The van der Waals surface area contributed by atoms with Crippen LogP contribution in [0.5, 0.6) is 0 Å².